The normalized spacial score (nSPS) is 20.6. The predicted octanol–water partition coefficient (Wildman–Crippen LogP) is 1.90. The fourth-order valence-electron chi connectivity index (χ4n) is 2.43. The molecule has 0 unspecified atom stereocenters. The Morgan fingerprint density at radius 2 is 1.96 bits per heavy atom. The summed E-state index contributed by atoms with van der Waals surface area (Å²) in [4.78, 5) is 28.3. The second-order valence-corrected chi connectivity index (χ2v) is 7.83. The molecule has 0 radical (unpaired) electrons. The monoisotopic (exact) mass is 344 g/mol. The molecule has 7 nitrogen and oxygen atoms in total. The number of rotatable bonds is 5. The number of morpholine rings is 1. The first-order valence-electron chi connectivity index (χ1n) is 8.35. The Bertz CT molecular complexity index is 445. The van der Waals surface area contributed by atoms with E-state index in [1.54, 1.807) is 32.8 Å². The summed E-state index contributed by atoms with van der Waals surface area (Å²) in [6, 6.07) is 0. The summed E-state index contributed by atoms with van der Waals surface area (Å²) in [6.07, 6.45) is -0.525. The fourth-order valence-corrected chi connectivity index (χ4v) is 2.43. The molecule has 0 saturated carbocycles. The maximum Gasteiger partial charge on any atom is 0.410 e. The Hall–Kier alpha value is -1.34. The molecule has 140 valence electrons. The van der Waals surface area contributed by atoms with Crippen LogP contribution in [0.25, 0.3) is 0 Å². The van der Waals surface area contributed by atoms with E-state index in [1.165, 1.54) is 4.90 Å². The largest absolute Gasteiger partial charge is 0.444 e. The second-order valence-electron chi connectivity index (χ2n) is 7.83. The van der Waals surface area contributed by atoms with Gasteiger partial charge in [0.1, 0.15) is 12.1 Å². The number of hydrogen-bond donors (Lipinski definition) is 0. The molecule has 2 amide bonds. The minimum Gasteiger partial charge on any atom is -0.444 e. The van der Waals surface area contributed by atoms with Crippen molar-refractivity contribution in [3.63, 3.8) is 0 Å². The standard InChI is InChI=1S/C17H32N2O5/c1-13-10-19(17(5,6)12-23-13)14(20)11-18(8-9-22-7)15(21)24-16(2,3)4/h13H,8-12H2,1-7H3/t13-/m1/s1. The van der Waals surface area contributed by atoms with Crippen molar-refractivity contribution in [2.24, 2.45) is 0 Å². The second kappa shape index (κ2) is 8.16. The van der Waals surface area contributed by atoms with Crippen LogP contribution in [-0.4, -0.2) is 79.0 Å². The first-order chi connectivity index (χ1) is 11.0. The van der Waals surface area contributed by atoms with E-state index in [1.807, 2.05) is 20.8 Å². The van der Waals surface area contributed by atoms with Crippen LogP contribution in [0, 0.1) is 0 Å². The number of hydrogen-bond acceptors (Lipinski definition) is 5. The Kier molecular flexibility index (Phi) is 7.04. The minimum atomic E-state index is -0.613. The molecular formula is C17H32N2O5. The summed E-state index contributed by atoms with van der Waals surface area (Å²) < 4.78 is 16.1. The summed E-state index contributed by atoms with van der Waals surface area (Å²) in [7, 11) is 1.56. The molecule has 1 aliphatic heterocycles. The van der Waals surface area contributed by atoms with E-state index < -0.39 is 17.2 Å². The van der Waals surface area contributed by atoms with Crippen molar-refractivity contribution in [2.75, 3.05) is 40.0 Å². The van der Waals surface area contributed by atoms with Crippen LogP contribution < -0.4 is 0 Å². The summed E-state index contributed by atoms with van der Waals surface area (Å²) in [5.74, 6) is -0.114. The summed E-state index contributed by atoms with van der Waals surface area (Å²) in [6.45, 7) is 12.9. The van der Waals surface area contributed by atoms with Crippen molar-refractivity contribution in [1.82, 2.24) is 9.80 Å². The number of amides is 2. The molecule has 0 bridgehead atoms. The van der Waals surface area contributed by atoms with E-state index in [9.17, 15) is 9.59 Å². The van der Waals surface area contributed by atoms with Gasteiger partial charge in [0.25, 0.3) is 0 Å². The molecule has 0 aromatic heterocycles. The van der Waals surface area contributed by atoms with Crippen molar-refractivity contribution in [2.45, 2.75) is 58.8 Å². The molecule has 1 rings (SSSR count). The van der Waals surface area contributed by atoms with Gasteiger partial charge in [0.2, 0.25) is 5.91 Å². The molecule has 24 heavy (non-hydrogen) atoms. The van der Waals surface area contributed by atoms with Crippen molar-refractivity contribution >= 4 is 12.0 Å². The average molecular weight is 344 g/mol. The van der Waals surface area contributed by atoms with Crippen LogP contribution in [0.3, 0.4) is 0 Å². The maximum atomic E-state index is 12.8. The van der Waals surface area contributed by atoms with Crippen LogP contribution in [0.5, 0.6) is 0 Å². The Morgan fingerprint density at radius 3 is 2.50 bits per heavy atom. The van der Waals surface area contributed by atoms with Gasteiger partial charge in [0.15, 0.2) is 0 Å². The molecule has 0 aromatic rings. The van der Waals surface area contributed by atoms with Gasteiger partial charge in [-0.3, -0.25) is 9.69 Å². The quantitative estimate of drug-likeness (QED) is 0.762. The summed E-state index contributed by atoms with van der Waals surface area (Å²) in [5.41, 5.74) is -1.01. The highest BCUT2D eigenvalue weighted by Gasteiger charge is 2.37. The topological polar surface area (TPSA) is 68.3 Å². The maximum absolute atomic E-state index is 12.8. The first-order valence-corrected chi connectivity index (χ1v) is 8.35. The molecule has 1 atom stereocenters. The first kappa shape index (κ1) is 20.7. The lowest BCUT2D eigenvalue weighted by Gasteiger charge is -2.45. The van der Waals surface area contributed by atoms with Crippen molar-refractivity contribution in [3.05, 3.63) is 0 Å². The molecule has 1 saturated heterocycles. The molecule has 1 heterocycles. The van der Waals surface area contributed by atoms with Crippen molar-refractivity contribution in [3.8, 4) is 0 Å². The van der Waals surface area contributed by atoms with Gasteiger partial charge in [-0.05, 0) is 41.5 Å². The molecule has 0 aliphatic carbocycles. The highest BCUT2D eigenvalue weighted by atomic mass is 16.6. The zero-order chi connectivity index (χ0) is 18.5. The van der Waals surface area contributed by atoms with E-state index in [2.05, 4.69) is 0 Å². The highest BCUT2D eigenvalue weighted by Crippen LogP contribution is 2.22. The lowest BCUT2D eigenvalue weighted by molar-refractivity contribution is -0.153. The molecular weight excluding hydrogens is 312 g/mol. The van der Waals surface area contributed by atoms with Crippen molar-refractivity contribution in [1.29, 1.82) is 0 Å². The lowest BCUT2D eigenvalue weighted by atomic mass is 10.0. The SMILES string of the molecule is COCCN(CC(=O)N1C[C@@H](C)OCC1(C)C)C(=O)OC(C)(C)C. The van der Waals surface area contributed by atoms with Gasteiger partial charge in [0, 0.05) is 20.2 Å². The van der Waals surface area contributed by atoms with E-state index in [0.29, 0.717) is 26.3 Å². The average Bonchev–Trinajstić information content (AvgIpc) is 2.43. The lowest BCUT2D eigenvalue weighted by Crippen LogP contribution is -2.60. The molecule has 0 spiro atoms. The number of carbonyl (C=O) groups is 2. The van der Waals surface area contributed by atoms with Crippen LogP contribution in [0.4, 0.5) is 4.79 Å². The molecule has 1 aliphatic rings. The third-order valence-corrected chi connectivity index (χ3v) is 3.74. The van der Waals surface area contributed by atoms with E-state index in [-0.39, 0.29) is 18.6 Å². The van der Waals surface area contributed by atoms with Crippen LogP contribution in [0.15, 0.2) is 0 Å². The third kappa shape index (κ3) is 6.28. The zero-order valence-electron chi connectivity index (χ0n) is 16.0. The fraction of sp³-hybridized carbons (Fsp3) is 0.882. The van der Waals surface area contributed by atoms with Gasteiger partial charge in [0.05, 0.1) is 24.9 Å². The summed E-state index contributed by atoms with van der Waals surface area (Å²) >= 11 is 0. The number of ether oxygens (including phenoxy) is 3. The molecule has 0 N–H and O–H groups in total. The Labute approximate surface area is 145 Å². The molecule has 7 heteroatoms. The van der Waals surface area contributed by atoms with Crippen LogP contribution >= 0.6 is 0 Å². The smallest absolute Gasteiger partial charge is 0.410 e. The van der Waals surface area contributed by atoms with Crippen molar-refractivity contribution < 1.29 is 23.8 Å². The van der Waals surface area contributed by atoms with Gasteiger partial charge < -0.3 is 19.1 Å². The molecule has 1 fully saturated rings. The van der Waals surface area contributed by atoms with Gasteiger partial charge in [-0.2, -0.15) is 0 Å². The van der Waals surface area contributed by atoms with Gasteiger partial charge in [-0.15, -0.1) is 0 Å². The Morgan fingerprint density at radius 1 is 1.33 bits per heavy atom. The predicted molar refractivity (Wildman–Crippen MR) is 90.9 cm³/mol. The van der Waals surface area contributed by atoms with Crippen LogP contribution in [-0.2, 0) is 19.0 Å². The van der Waals surface area contributed by atoms with Gasteiger partial charge >= 0.3 is 6.09 Å². The van der Waals surface area contributed by atoms with Gasteiger partial charge in [-0.1, -0.05) is 0 Å². The zero-order valence-corrected chi connectivity index (χ0v) is 16.0. The highest BCUT2D eigenvalue weighted by molar-refractivity contribution is 5.83. The van der Waals surface area contributed by atoms with E-state index in [4.69, 9.17) is 14.2 Å². The van der Waals surface area contributed by atoms with Crippen LogP contribution in [0.1, 0.15) is 41.5 Å². The van der Waals surface area contributed by atoms with E-state index >= 15 is 0 Å². The summed E-state index contributed by atoms with van der Waals surface area (Å²) in [5, 5.41) is 0. The number of nitrogens with zero attached hydrogens (tertiary/aromatic N) is 2. The minimum absolute atomic E-state index is 0.0177. The van der Waals surface area contributed by atoms with Crippen LogP contribution in [0.2, 0.25) is 0 Å². The van der Waals surface area contributed by atoms with E-state index in [0.717, 1.165) is 0 Å². The van der Waals surface area contributed by atoms with Gasteiger partial charge in [-0.25, -0.2) is 4.79 Å². The third-order valence-electron chi connectivity index (χ3n) is 3.74. The number of carbonyl (C=O) groups excluding carboxylic acids is 2. The number of methoxy groups -OCH3 is 1. The molecule has 0 aromatic carbocycles. The Balaban J connectivity index is 2.80.